The van der Waals surface area contributed by atoms with Crippen LogP contribution in [0.25, 0.3) is 33.0 Å². The van der Waals surface area contributed by atoms with Crippen LogP contribution in [0.15, 0.2) is 84.9 Å². The third kappa shape index (κ3) is 2.50. The van der Waals surface area contributed by atoms with Gasteiger partial charge in [-0.05, 0) is 46.0 Å². The van der Waals surface area contributed by atoms with Gasteiger partial charge in [-0.2, -0.15) is 0 Å². The molecule has 0 aliphatic rings. The highest BCUT2D eigenvalue weighted by molar-refractivity contribution is 6.34. The standard InChI is InChI=1S/C23H17Cl/c1-16-8-2-3-11-18(16)20-13-6-9-17-10-7-14-21(23(17)20)19-12-4-5-15-22(19)24/h2-15H,1H3. The lowest BCUT2D eigenvalue weighted by atomic mass is 9.90. The molecule has 0 fully saturated rings. The number of benzene rings is 4. The average molecular weight is 329 g/mol. The number of aryl methyl sites for hydroxylation is 1. The summed E-state index contributed by atoms with van der Waals surface area (Å²) in [5, 5.41) is 3.26. The molecule has 0 aliphatic heterocycles. The summed E-state index contributed by atoms with van der Waals surface area (Å²) in [5.74, 6) is 0. The predicted molar refractivity (Wildman–Crippen MR) is 105 cm³/mol. The maximum atomic E-state index is 6.49. The van der Waals surface area contributed by atoms with E-state index < -0.39 is 0 Å². The topological polar surface area (TPSA) is 0 Å². The number of hydrogen-bond acceptors (Lipinski definition) is 0. The molecule has 0 nitrogen and oxygen atoms in total. The van der Waals surface area contributed by atoms with Crippen molar-refractivity contribution < 1.29 is 0 Å². The Bertz CT molecular complexity index is 951. The van der Waals surface area contributed by atoms with Gasteiger partial charge in [-0.15, -0.1) is 0 Å². The number of rotatable bonds is 2. The van der Waals surface area contributed by atoms with Crippen molar-refractivity contribution >= 4 is 22.4 Å². The molecular weight excluding hydrogens is 312 g/mol. The van der Waals surface area contributed by atoms with Crippen LogP contribution in [0, 0.1) is 6.92 Å². The highest BCUT2D eigenvalue weighted by Gasteiger charge is 2.12. The Morgan fingerprint density at radius 3 is 1.75 bits per heavy atom. The van der Waals surface area contributed by atoms with Crippen LogP contribution in [0.5, 0.6) is 0 Å². The monoisotopic (exact) mass is 328 g/mol. The first-order valence-electron chi connectivity index (χ1n) is 8.08. The molecule has 0 bridgehead atoms. The largest absolute Gasteiger partial charge is 0.0837 e. The van der Waals surface area contributed by atoms with Gasteiger partial charge >= 0.3 is 0 Å². The highest BCUT2D eigenvalue weighted by Crippen LogP contribution is 2.39. The first-order valence-corrected chi connectivity index (χ1v) is 8.46. The summed E-state index contributed by atoms with van der Waals surface area (Å²) in [7, 11) is 0. The van der Waals surface area contributed by atoms with Gasteiger partial charge < -0.3 is 0 Å². The van der Waals surface area contributed by atoms with Crippen molar-refractivity contribution in [2.45, 2.75) is 6.92 Å². The molecule has 0 atom stereocenters. The molecule has 0 unspecified atom stereocenters. The molecule has 4 aromatic carbocycles. The molecule has 0 N–H and O–H groups in total. The van der Waals surface area contributed by atoms with Crippen LogP contribution in [0.2, 0.25) is 5.02 Å². The van der Waals surface area contributed by atoms with E-state index in [1.807, 2.05) is 18.2 Å². The second-order valence-electron chi connectivity index (χ2n) is 6.00. The molecule has 0 amide bonds. The maximum Gasteiger partial charge on any atom is 0.0484 e. The summed E-state index contributed by atoms with van der Waals surface area (Å²) in [4.78, 5) is 0. The van der Waals surface area contributed by atoms with Gasteiger partial charge in [-0.1, -0.05) is 90.5 Å². The first-order chi connectivity index (χ1) is 11.8. The second kappa shape index (κ2) is 6.14. The minimum absolute atomic E-state index is 0.782. The van der Waals surface area contributed by atoms with Gasteiger partial charge in [-0.25, -0.2) is 0 Å². The molecule has 0 saturated carbocycles. The highest BCUT2D eigenvalue weighted by atomic mass is 35.5. The summed E-state index contributed by atoms with van der Waals surface area (Å²) in [6.07, 6.45) is 0. The molecule has 116 valence electrons. The fraction of sp³-hybridized carbons (Fsp3) is 0.0435. The Hall–Kier alpha value is -2.57. The third-order valence-corrected chi connectivity index (χ3v) is 4.83. The Balaban J connectivity index is 2.11. The van der Waals surface area contributed by atoms with Gasteiger partial charge in [0.1, 0.15) is 0 Å². The van der Waals surface area contributed by atoms with Gasteiger partial charge in [0.15, 0.2) is 0 Å². The van der Waals surface area contributed by atoms with Crippen molar-refractivity contribution in [1.82, 2.24) is 0 Å². The van der Waals surface area contributed by atoms with Gasteiger partial charge in [0.25, 0.3) is 0 Å². The first kappa shape index (κ1) is 15.0. The summed E-state index contributed by atoms with van der Waals surface area (Å²) >= 11 is 6.49. The van der Waals surface area contributed by atoms with Gasteiger partial charge in [-0.3, -0.25) is 0 Å². The van der Waals surface area contributed by atoms with E-state index in [-0.39, 0.29) is 0 Å². The van der Waals surface area contributed by atoms with Crippen molar-refractivity contribution in [3.05, 3.63) is 95.5 Å². The molecule has 4 aromatic rings. The lowest BCUT2D eigenvalue weighted by molar-refractivity contribution is 1.47. The van der Waals surface area contributed by atoms with E-state index in [0.717, 1.165) is 10.6 Å². The van der Waals surface area contributed by atoms with E-state index in [1.165, 1.54) is 33.0 Å². The summed E-state index contributed by atoms with van der Waals surface area (Å²) in [6, 6.07) is 29.5. The molecule has 0 aliphatic carbocycles. The normalized spacial score (nSPS) is 10.9. The summed E-state index contributed by atoms with van der Waals surface area (Å²) < 4.78 is 0. The zero-order chi connectivity index (χ0) is 16.5. The van der Waals surface area contributed by atoms with Crippen molar-refractivity contribution in [3.8, 4) is 22.3 Å². The van der Waals surface area contributed by atoms with Crippen LogP contribution in [0.1, 0.15) is 5.56 Å². The fourth-order valence-electron chi connectivity index (χ4n) is 3.34. The molecule has 0 saturated heterocycles. The molecular formula is C23H17Cl. The Labute approximate surface area is 147 Å². The molecule has 0 heterocycles. The number of fused-ring (bicyclic) bond motifs is 1. The average Bonchev–Trinajstić information content (AvgIpc) is 2.62. The van der Waals surface area contributed by atoms with Gasteiger partial charge in [0.2, 0.25) is 0 Å². The van der Waals surface area contributed by atoms with E-state index in [4.69, 9.17) is 11.6 Å². The smallest absolute Gasteiger partial charge is 0.0484 e. The number of halogens is 1. The molecule has 4 rings (SSSR count). The quantitative estimate of drug-likeness (QED) is 0.367. The molecule has 0 aromatic heterocycles. The maximum absolute atomic E-state index is 6.49. The Morgan fingerprint density at radius 2 is 1.08 bits per heavy atom. The predicted octanol–water partition coefficient (Wildman–Crippen LogP) is 7.14. The fourth-order valence-corrected chi connectivity index (χ4v) is 3.58. The van der Waals surface area contributed by atoms with Crippen LogP contribution >= 0.6 is 11.6 Å². The van der Waals surface area contributed by atoms with Crippen LogP contribution in [-0.4, -0.2) is 0 Å². The van der Waals surface area contributed by atoms with Crippen LogP contribution in [-0.2, 0) is 0 Å². The summed E-state index contributed by atoms with van der Waals surface area (Å²) in [6.45, 7) is 2.16. The van der Waals surface area contributed by atoms with E-state index in [2.05, 4.69) is 73.7 Å². The van der Waals surface area contributed by atoms with Crippen molar-refractivity contribution in [2.24, 2.45) is 0 Å². The van der Waals surface area contributed by atoms with Crippen molar-refractivity contribution in [3.63, 3.8) is 0 Å². The minimum Gasteiger partial charge on any atom is -0.0837 e. The second-order valence-corrected chi connectivity index (χ2v) is 6.41. The molecule has 0 radical (unpaired) electrons. The molecule has 1 heteroatoms. The molecule has 24 heavy (non-hydrogen) atoms. The SMILES string of the molecule is Cc1ccccc1-c1cccc2cccc(-c3ccccc3Cl)c12. The van der Waals surface area contributed by atoms with Crippen molar-refractivity contribution in [1.29, 1.82) is 0 Å². The zero-order valence-corrected chi connectivity index (χ0v) is 14.2. The van der Waals surface area contributed by atoms with Gasteiger partial charge in [0, 0.05) is 10.6 Å². The zero-order valence-electron chi connectivity index (χ0n) is 13.5. The van der Waals surface area contributed by atoms with Gasteiger partial charge in [0.05, 0.1) is 0 Å². The van der Waals surface area contributed by atoms with E-state index in [0.29, 0.717) is 0 Å². The van der Waals surface area contributed by atoms with E-state index >= 15 is 0 Å². The van der Waals surface area contributed by atoms with E-state index in [9.17, 15) is 0 Å². The minimum atomic E-state index is 0.782. The third-order valence-electron chi connectivity index (χ3n) is 4.50. The molecule has 0 spiro atoms. The van der Waals surface area contributed by atoms with Crippen LogP contribution in [0.4, 0.5) is 0 Å². The van der Waals surface area contributed by atoms with Crippen LogP contribution in [0.3, 0.4) is 0 Å². The lowest BCUT2D eigenvalue weighted by Crippen LogP contribution is -1.89. The lowest BCUT2D eigenvalue weighted by Gasteiger charge is -2.14. The number of hydrogen-bond donors (Lipinski definition) is 0. The Kier molecular flexibility index (Phi) is 3.84. The van der Waals surface area contributed by atoms with E-state index in [1.54, 1.807) is 0 Å². The summed E-state index contributed by atoms with van der Waals surface area (Å²) in [5.41, 5.74) is 6.05. The van der Waals surface area contributed by atoms with Crippen LogP contribution < -0.4 is 0 Å². The Morgan fingerprint density at radius 1 is 0.542 bits per heavy atom. The van der Waals surface area contributed by atoms with Crippen molar-refractivity contribution in [2.75, 3.05) is 0 Å².